The molecule has 2 N–H and O–H groups in total. The molecule has 11 heteroatoms. The lowest BCUT2D eigenvalue weighted by molar-refractivity contribution is -0.128. The normalized spacial score (nSPS) is 11.6. The fourth-order valence-electron chi connectivity index (χ4n) is 3.87. The summed E-state index contributed by atoms with van der Waals surface area (Å²) in [6.45, 7) is 0.199. The van der Waals surface area contributed by atoms with E-state index in [1.165, 1.54) is 13.1 Å². The average molecular weight is 570 g/mol. The molecule has 0 fully saturated rings. The second-order valence-electron chi connectivity index (χ2n) is 8.60. The highest BCUT2D eigenvalue weighted by molar-refractivity contribution is 6.42. The van der Waals surface area contributed by atoms with Crippen molar-refractivity contribution < 1.29 is 18.7 Å². The van der Waals surface area contributed by atoms with Crippen molar-refractivity contribution >= 4 is 35.0 Å². The number of halogens is 3. The van der Waals surface area contributed by atoms with E-state index in [2.05, 4.69) is 20.7 Å². The molecule has 0 saturated heterocycles. The van der Waals surface area contributed by atoms with Crippen molar-refractivity contribution in [2.45, 2.75) is 25.3 Å². The van der Waals surface area contributed by atoms with E-state index in [0.717, 1.165) is 5.56 Å². The number of benzene rings is 2. The minimum Gasteiger partial charge on any atom is -0.478 e. The third kappa shape index (κ3) is 7.34. The van der Waals surface area contributed by atoms with Crippen LogP contribution in [0, 0.1) is 5.82 Å². The monoisotopic (exact) mass is 569 g/mol. The van der Waals surface area contributed by atoms with Gasteiger partial charge in [0.2, 0.25) is 17.7 Å². The summed E-state index contributed by atoms with van der Waals surface area (Å²) in [5.41, 5.74) is 2.43. The van der Waals surface area contributed by atoms with Gasteiger partial charge in [-0.2, -0.15) is 5.10 Å². The summed E-state index contributed by atoms with van der Waals surface area (Å²) in [5.74, 6) is -0.748. The average Bonchev–Trinajstić information content (AvgIpc) is 3.37. The Bertz CT molecular complexity index is 1450. The van der Waals surface area contributed by atoms with Crippen LogP contribution in [0.3, 0.4) is 0 Å². The lowest BCUT2D eigenvalue weighted by Gasteiger charge is -2.18. The van der Waals surface area contributed by atoms with Gasteiger partial charge in [-0.15, -0.1) is 0 Å². The topological polar surface area (TPSA) is 98.1 Å². The molecule has 4 aromatic rings. The molecule has 2 amide bonds. The molecule has 0 radical (unpaired) electrons. The lowest BCUT2D eigenvalue weighted by atomic mass is 10.0. The first-order chi connectivity index (χ1) is 18.9. The second-order valence-corrected chi connectivity index (χ2v) is 9.42. The van der Waals surface area contributed by atoms with Gasteiger partial charge < -0.3 is 15.4 Å². The van der Waals surface area contributed by atoms with E-state index in [9.17, 15) is 14.0 Å². The molecule has 0 aliphatic rings. The SMILES string of the molecule is CNC(=O)[C@H](Cc1ccccc1F)NC(=O)CCCOc1cc(-c2cccnc2)nn1-c1ccc(Cl)c(Cl)c1. The third-order valence-electron chi connectivity index (χ3n) is 5.86. The highest BCUT2D eigenvalue weighted by Crippen LogP contribution is 2.29. The predicted molar refractivity (Wildman–Crippen MR) is 148 cm³/mol. The van der Waals surface area contributed by atoms with Crippen molar-refractivity contribution in [1.82, 2.24) is 25.4 Å². The number of rotatable bonds is 11. The number of nitrogens with one attached hydrogen (secondary N) is 2. The number of nitrogens with zero attached hydrogens (tertiary/aromatic N) is 3. The molecule has 4 rings (SSSR count). The zero-order valence-corrected chi connectivity index (χ0v) is 22.5. The van der Waals surface area contributed by atoms with Crippen LogP contribution in [0.5, 0.6) is 5.88 Å². The van der Waals surface area contributed by atoms with E-state index >= 15 is 0 Å². The zero-order chi connectivity index (χ0) is 27.8. The summed E-state index contributed by atoms with van der Waals surface area (Å²) < 4.78 is 21.7. The minimum atomic E-state index is -0.904. The quantitative estimate of drug-likeness (QED) is 0.247. The van der Waals surface area contributed by atoms with Crippen molar-refractivity contribution in [2.24, 2.45) is 0 Å². The minimum absolute atomic E-state index is 0.0363. The maximum Gasteiger partial charge on any atom is 0.242 e. The van der Waals surface area contributed by atoms with Gasteiger partial charge in [-0.25, -0.2) is 9.07 Å². The van der Waals surface area contributed by atoms with Crippen LogP contribution in [-0.4, -0.2) is 46.3 Å². The summed E-state index contributed by atoms with van der Waals surface area (Å²) in [6.07, 6.45) is 3.86. The van der Waals surface area contributed by atoms with Crippen LogP contribution in [0.4, 0.5) is 4.39 Å². The molecular formula is C28H26Cl2FN5O3. The molecule has 2 heterocycles. The van der Waals surface area contributed by atoms with E-state index in [1.807, 2.05) is 12.1 Å². The maximum absolute atomic E-state index is 14.1. The summed E-state index contributed by atoms with van der Waals surface area (Å²) in [5, 5.41) is 10.6. The number of hydrogen-bond acceptors (Lipinski definition) is 5. The Morgan fingerprint density at radius 2 is 1.90 bits per heavy atom. The maximum atomic E-state index is 14.1. The molecule has 0 unspecified atom stereocenters. The van der Waals surface area contributed by atoms with Crippen LogP contribution < -0.4 is 15.4 Å². The number of ether oxygens (including phenoxy) is 1. The number of likely N-dealkylation sites (N-methyl/N-ethyl adjacent to an activating group) is 1. The number of carbonyl (C=O) groups is 2. The fourth-order valence-corrected chi connectivity index (χ4v) is 4.16. The first kappa shape index (κ1) is 28.1. The Morgan fingerprint density at radius 1 is 1.08 bits per heavy atom. The molecule has 0 aliphatic carbocycles. The lowest BCUT2D eigenvalue weighted by Crippen LogP contribution is -2.47. The van der Waals surface area contributed by atoms with Gasteiger partial charge in [0.25, 0.3) is 0 Å². The molecule has 39 heavy (non-hydrogen) atoms. The van der Waals surface area contributed by atoms with E-state index in [1.54, 1.807) is 59.5 Å². The predicted octanol–water partition coefficient (Wildman–Crippen LogP) is 5.01. The largest absolute Gasteiger partial charge is 0.478 e. The van der Waals surface area contributed by atoms with Crippen LogP contribution in [0.15, 0.2) is 73.1 Å². The van der Waals surface area contributed by atoms with Gasteiger partial charge in [-0.05, 0) is 48.4 Å². The van der Waals surface area contributed by atoms with E-state index in [0.29, 0.717) is 39.3 Å². The van der Waals surface area contributed by atoms with E-state index in [4.69, 9.17) is 27.9 Å². The first-order valence-electron chi connectivity index (χ1n) is 12.2. The van der Waals surface area contributed by atoms with Gasteiger partial charge in [0, 0.05) is 43.9 Å². The molecule has 1 atom stereocenters. The van der Waals surface area contributed by atoms with Crippen molar-refractivity contribution in [3.05, 3.63) is 94.5 Å². The highest BCUT2D eigenvalue weighted by atomic mass is 35.5. The fraction of sp³-hybridized carbons (Fsp3) is 0.214. The van der Waals surface area contributed by atoms with Crippen LogP contribution in [0.25, 0.3) is 16.9 Å². The summed E-state index contributed by atoms with van der Waals surface area (Å²) in [6, 6.07) is 15.8. The van der Waals surface area contributed by atoms with Crippen LogP contribution >= 0.6 is 23.2 Å². The van der Waals surface area contributed by atoms with Crippen LogP contribution in [0.2, 0.25) is 10.0 Å². The molecule has 0 bridgehead atoms. The molecule has 8 nitrogen and oxygen atoms in total. The molecular weight excluding hydrogens is 544 g/mol. The number of carbonyl (C=O) groups excluding carboxylic acids is 2. The standard InChI is InChI=1S/C28H26Cl2FN5O3/c1-32-28(38)25(14-18-6-2-3-8-23(18)31)34-26(37)9-5-13-39-27-16-24(19-7-4-12-33-17-19)35-36(27)20-10-11-21(29)22(30)15-20/h2-4,6-8,10-12,15-17,25H,5,9,13-14H2,1H3,(H,32,38)(H,34,37)/t25-/m0/s1. The Kier molecular flexibility index (Phi) is 9.51. The van der Waals surface area contributed by atoms with E-state index in [-0.39, 0.29) is 25.4 Å². The molecule has 2 aromatic carbocycles. The molecule has 0 aliphatic heterocycles. The molecule has 2 aromatic heterocycles. The molecule has 202 valence electrons. The Labute approximate surface area is 235 Å². The van der Waals surface area contributed by atoms with Gasteiger partial charge in [-0.1, -0.05) is 41.4 Å². The van der Waals surface area contributed by atoms with Crippen molar-refractivity contribution in [3.8, 4) is 22.8 Å². The Morgan fingerprint density at radius 3 is 2.62 bits per heavy atom. The second kappa shape index (κ2) is 13.2. The highest BCUT2D eigenvalue weighted by Gasteiger charge is 2.21. The van der Waals surface area contributed by atoms with Gasteiger partial charge in [-0.3, -0.25) is 14.6 Å². The van der Waals surface area contributed by atoms with Crippen molar-refractivity contribution in [3.63, 3.8) is 0 Å². The molecule has 0 spiro atoms. The molecule has 0 saturated carbocycles. The summed E-state index contributed by atoms with van der Waals surface area (Å²) in [4.78, 5) is 29.1. The Hall–Kier alpha value is -3.95. The summed E-state index contributed by atoms with van der Waals surface area (Å²) >= 11 is 12.3. The van der Waals surface area contributed by atoms with Crippen molar-refractivity contribution in [2.75, 3.05) is 13.7 Å². The zero-order valence-electron chi connectivity index (χ0n) is 21.0. The van der Waals surface area contributed by atoms with Gasteiger partial charge in [0.1, 0.15) is 11.9 Å². The Balaban J connectivity index is 1.41. The number of pyridine rings is 1. The number of aromatic nitrogens is 3. The van der Waals surface area contributed by atoms with Crippen molar-refractivity contribution in [1.29, 1.82) is 0 Å². The smallest absolute Gasteiger partial charge is 0.242 e. The van der Waals surface area contributed by atoms with Gasteiger partial charge >= 0.3 is 0 Å². The number of amides is 2. The van der Waals surface area contributed by atoms with Gasteiger partial charge in [0.15, 0.2) is 0 Å². The first-order valence-corrected chi connectivity index (χ1v) is 12.9. The van der Waals surface area contributed by atoms with Gasteiger partial charge in [0.05, 0.1) is 28.0 Å². The van der Waals surface area contributed by atoms with E-state index < -0.39 is 17.8 Å². The number of hydrogen-bond donors (Lipinski definition) is 2. The summed E-state index contributed by atoms with van der Waals surface area (Å²) in [7, 11) is 1.47. The van der Waals surface area contributed by atoms with Crippen LogP contribution in [-0.2, 0) is 16.0 Å². The van der Waals surface area contributed by atoms with Crippen LogP contribution in [0.1, 0.15) is 18.4 Å². The third-order valence-corrected chi connectivity index (χ3v) is 6.60.